The van der Waals surface area contributed by atoms with E-state index in [0.29, 0.717) is 5.56 Å². The summed E-state index contributed by atoms with van der Waals surface area (Å²) in [6.45, 7) is 5.03. The maximum absolute atomic E-state index is 13.4. The van der Waals surface area contributed by atoms with E-state index < -0.39 is 22.9 Å². The first-order valence-electron chi connectivity index (χ1n) is 8.86. The van der Waals surface area contributed by atoms with Gasteiger partial charge in [-0.1, -0.05) is 56.1 Å². The number of cyclic esters (lactones) is 1. The molecule has 0 spiro atoms. The number of rotatable bonds is 4. The number of halogens is 2. The van der Waals surface area contributed by atoms with Gasteiger partial charge in [0.15, 0.2) is 11.6 Å². The van der Waals surface area contributed by atoms with Crippen LogP contribution in [0.4, 0.5) is 0 Å². The third-order valence-corrected chi connectivity index (χ3v) is 6.33. The van der Waals surface area contributed by atoms with Crippen LogP contribution in [-0.4, -0.2) is 17.5 Å². The standard InChI is InChI=1S/C22H20Br2O4/c1-21(2)18(14-6-10-16(24)11-7-14)28-20(27)22(3,19(21)26)12-17(25)13-4-8-15(23)9-5-13/h4-11,18H,12H2,1-3H3/t18-,22+/m0/s1. The van der Waals surface area contributed by atoms with Crippen LogP contribution < -0.4 is 0 Å². The molecule has 1 aliphatic rings. The van der Waals surface area contributed by atoms with E-state index in [9.17, 15) is 14.4 Å². The van der Waals surface area contributed by atoms with Crippen molar-refractivity contribution in [1.29, 1.82) is 0 Å². The van der Waals surface area contributed by atoms with Crippen molar-refractivity contribution in [1.82, 2.24) is 0 Å². The highest BCUT2D eigenvalue weighted by molar-refractivity contribution is 9.10. The minimum atomic E-state index is -1.51. The van der Waals surface area contributed by atoms with Crippen molar-refractivity contribution in [3.63, 3.8) is 0 Å². The smallest absolute Gasteiger partial charge is 0.320 e. The number of hydrogen-bond acceptors (Lipinski definition) is 4. The number of ketones is 2. The SMILES string of the molecule is CC1(C)C(=O)[C@@](C)(CC(=O)c2ccc(Br)cc2)C(=O)O[C@H]1c1ccc(Br)cc1. The second-order valence-corrected chi connectivity index (χ2v) is 9.66. The zero-order valence-electron chi connectivity index (χ0n) is 15.8. The zero-order chi connectivity index (χ0) is 20.7. The molecule has 0 saturated carbocycles. The minimum absolute atomic E-state index is 0.219. The number of ether oxygens (including phenoxy) is 1. The molecule has 0 aromatic heterocycles. The number of carbonyl (C=O) groups excluding carboxylic acids is 3. The van der Waals surface area contributed by atoms with Gasteiger partial charge in [0, 0.05) is 20.9 Å². The largest absolute Gasteiger partial charge is 0.456 e. The Morgan fingerprint density at radius 2 is 1.43 bits per heavy atom. The summed E-state index contributed by atoms with van der Waals surface area (Å²) < 4.78 is 7.48. The molecule has 0 radical (unpaired) electrons. The van der Waals surface area contributed by atoms with Gasteiger partial charge in [-0.2, -0.15) is 0 Å². The average molecular weight is 508 g/mol. The molecule has 1 fully saturated rings. The van der Waals surface area contributed by atoms with E-state index in [1.165, 1.54) is 6.92 Å². The summed E-state index contributed by atoms with van der Waals surface area (Å²) in [5.41, 5.74) is -1.27. The topological polar surface area (TPSA) is 60.4 Å². The third-order valence-electron chi connectivity index (χ3n) is 5.27. The fraction of sp³-hybridized carbons (Fsp3) is 0.318. The monoisotopic (exact) mass is 506 g/mol. The molecular formula is C22H20Br2O4. The first-order valence-corrected chi connectivity index (χ1v) is 10.4. The van der Waals surface area contributed by atoms with Crippen molar-refractivity contribution < 1.29 is 19.1 Å². The molecule has 3 rings (SSSR count). The van der Waals surface area contributed by atoms with Crippen LogP contribution in [0.2, 0.25) is 0 Å². The predicted molar refractivity (Wildman–Crippen MR) is 113 cm³/mol. The summed E-state index contributed by atoms with van der Waals surface area (Å²) >= 11 is 6.71. The van der Waals surface area contributed by atoms with Crippen molar-refractivity contribution in [3.8, 4) is 0 Å². The summed E-state index contributed by atoms with van der Waals surface area (Å²) in [5.74, 6) is -1.21. The molecule has 1 heterocycles. The molecule has 0 aliphatic carbocycles. The molecule has 0 bridgehead atoms. The Morgan fingerprint density at radius 3 is 1.96 bits per heavy atom. The first kappa shape index (κ1) is 20.9. The highest BCUT2D eigenvalue weighted by atomic mass is 79.9. The molecule has 6 heteroatoms. The second kappa shape index (κ2) is 7.56. The van der Waals surface area contributed by atoms with E-state index in [1.807, 2.05) is 24.3 Å². The Bertz CT molecular complexity index is 932. The molecule has 0 N–H and O–H groups in total. The molecule has 2 atom stereocenters. The van der Waals surface area contributed by atoms with Crippen molar-refractivity contribution in [2.45, 2.75) is 33.3 Å². The Balaban J connectivity index is 1.90. The number of carbonyl (C=O) groups is 3. The summed E-state index contributed by atoms with van der Waals surface area (Å²) in [6.07, 6.45) is -0.917. The van der Waals surface area contributed by atoms with E-state index in [0.717, 1.165) is 14.5 Å². The average Bonchev–Trinajstić information content (AvgIpc) is 2.65. The number of benzene rings is 2. The lowest BCUT2D eigenvalue weighted by Gasteiger charge is -2.44. The Hall–Kier alpha value is -1.79. The van der Waals surface area contributed by atoms with Gasteiger partial charge in [-0.3, -0.25) is 14.4 Å². The lowest BCUT2D eigenvalue weighted by molar-refractivity contribution is -0.187. The van der Waals surface area contributed by atoms with Crippen molar-refractivity contribution in [2.75, 3.05) is 0 Å². The molecule has 0 unspecified atom stereocenters. The molecule has 0 amide bonds. The molecule has 28 heavy (non-hydrogen) atoms. The van der Waals surface area contributed by atoms with E-state index in [4.69, 9.17) is 4.74 Å². The molecular weight excluding hydrogens is 488 g/mol. The summed E-state index contributed by atoms with van der Waals surface area (Å²) in [7, 11) is 0. The van der Waals surface area contributed by atoms with Gasteiger partial charge in [0.05, 0.1) is 5.41 Å². The molecule has 1 saturated heterocycles. The summed E-state index contributed by atoms with van der Waals surface area (Å²) in [5, 5.41) is 0. The molecule has 2 aromatic carbocycles. The maximum atomic E-state index is 13.4. The Labute approximate surface area is 180 Å². The fourth-order valence-corrected chi connectivity index (χ4v) is 4.17. The van der Waals surface area contributed by atoms with Gasteiger partial charge in [0.1, 0.15) is 11.5 Å². The lowest BCUT2D eigenvalue weighted by Crippen LogP contribution is -2.54. The number of hydrogen-bond donors (Lipinski definition) is 0. The van der Waals surface area contributed by atoms with Crippen LogP contribution in [-0.2, 0) is 14.3 Å². The highest BCUT2D eigenvalue weighted by Gasteiger charge is 2.58. The molecule has 4 nitrogen and oxygen atoms in total. The molecule has 2 aromatic rings. The number of Topliss-reactive ketones (excluding diaryl/α,β-unsaturated/α-hetero) is 2. The van der Waals surface area contributed by atoms with Crippen molar-refractivity contribution in [2.24, 2.45) is 10.8 Å². The van der Waals surface area contributed by atoms with Crippen LogP contribution in [0.15, 0.2) is 57.5 Å². The van der Waals surface area contributed by atoms with Crippen LogP contribution in [0.5, 0.6) is 0 Å². The van der Waals surface area contributed by atoms with Crippen LogP contribution in [0, 0.1) is 10.8 Å². The third kappa shape index (κ3) is 3.72. The minimum Gasteiger partial charge on any atom is -0.456 e. The van der Waals surface area contributed by atoms with Crippen LogP contribution in [0.25, 0.3) is 0 Å². The van der Waals surface area contributed by atoms with Crippen LogP contribution in [0.1, 0.15) is 49.2 Å². The molecule has 1 aliphatic heterocycles. The quantitative estimate of drug-likeness (QED) is 0.303. The van der Waals surface area contributed by atoms with Gasteiger partial charge in [0.25, 0.3) is 0 Å². The fourth-order valence-electron chi connectivity index (χ4n) is 3.64. The highest BCUT2D eigenvalue weighted by Crippen LogP contribution is 2.49. The van der Waals surface area contributed by atoms with Gasteiger partial charge < -0.3 is 4.74 Å². The van der Waals surface area contributed by atoms with Gasteiger partial charge in [-0.05, 0) is 50.6 Å². The van der Waals surface area contributed by atoms with Crippen molar-refractivity contribution >= 4 is 49.4 Å². The Morgan fingerprint density at radius 1 is 0.929 bits per heavy atom. The van der Waals surface area contributed by atoms with E-state index >= 15 is 0 Å². The van der Waals surface area contributed by atoms with E-state index in [-0.39, 0.29) is 18.0 Å². The number of esters is 1. The van der Waals surface area contributed by atoms with E-state index in [1.54, 1.807) is 38.1 Å². The summed E-state index contributed by atoms with van der Waals surface area (Å²) in [6, 6.07) is 14.2. The van der Waals surface area contributed by atoms with Gasteiger partial charge in [-0.25, -0.2) is 0 Å². The Kier molecular flexibility index (Phi) is 5.65. The van der Waals surface area contributed by atoms with Gasteiger partial charge >= 0.3 is 5.97 Å². The summed E-state index contributed by atoms with van der Waals surface area (Å²) in [4.78, 5) is 39.0. The van der Waals surface area contributed by atoms with Gasteiger partial charge in [-0.15, -0.1) is 0 Å². The predicted octanol–water partition coefficient (Wildman–Crippen LogP) is 5.68. The van der Waals surface area contributed by atoms with Crippen LogP contribution in [0.3, 0.4) is 0 Å². The maximum Gasteiger partial charge on any atom is 0.320 e. The molecule has 146 valence electrons. The van der Waals surface area contributed by atoms with E-state index in [2.05, 4.69) is 31.9 Å². The first-order chi connectivity index (χ1) is 13.1. The lowest BCUT2D eigenvalue weighted by atomic mass is 9.64. The van der Waals surface area contributed by atoms with Crippen molar-refractivity contribution in [3.05, 3.63) is 68.6 Å². The zero-order valence-corrected chi connectivity index (χ0v) is 19.0. The second-order valence-electron chi connectivity index (χ2n) is 7.83. The normalized spacial score (nSPS) is 24.0. The van der Waals surface area contributed by atoms with Gasteiger partial charge in [0.2, 0.25) is 0 Å². The van der Waals surface area contributed by atoms with Crippen LogP contribution >= 0.6 is 31.9 Å².